The molecule has 1 aromatic carbocycles. The Morgan fingerprint density at radius 2 is 1.94 bits per heavy atom. The maximum Gasteiger partial charge on any atom is 0.251 e. The van der Waals surface area contributed by atoms with Crippen LogP contribution in [0.25, 0.3) is 0 Å². The number of nitrogens with one attached hydrogen (secondary N) is 1. The van der Waals surface area contributed by atoms with E-state index in [0.29, 0.717) is 18.7 Å². The second kappa shape index (κ2) is 5.77. The molecule has 1 rings (SSSR count). The van der Waals surface area contributed by atoms with Gasteiger partial charge in [-0.3, -0.25) is 4.79 Å². The Labute approximate surface area is 101 Å². The van der Waals surface area contributed by atoms with Crippen molar-refractivity contribution in [2.24, 2.45) is 0 Å². The lowest BCUT2D eigenvalue weighted by molar-refractivity contribution is -0.00815. The Kier molecular flexibility index (Phi) is 4.63. The number of ether oxygens (including phenoxy) is 1. The number of hydrogen-bond donors (Lipinski definition) is 1. The SMILES string of the molecule is CCOC(C)(C)CNC(=O)c1ccc(F)cc1. The Hall–Kier alpha value is -1.42. The number of benzene rings is 1. The van der Waals surface area contributed by atoms with Crippen LogP contribution in [0.5, 0.6) is 0 Å². The van der Waals surface area contributed by atoms with Crippen LogP contribution in [0.3, 0.4) is 0 Å². The molecular weight excluding hydrogens is 221 g/mol. The third-order valence-electron chi connectivity index (χ3n) is 2.32. The zero-order valence-electron chi connectivity index (χ0n) is 10.4. The van der Waals surface area contributed by atoms with E-state index in [1.807, 2.05) is 20.8 Å². The predicted molar refractivity (Wildman–Crippen MR) is 64.4 cm³/mol. The minimum atomic E-state index is -0.398. The van der Waals surface area contributed by atoms with Gasteiger partial charge < -0.3 is 10.1 Å². The quantitative estimate of drug-likeness (QED) is 0.856. The van der Waals surface area contributed by atoms with Gasteiger partial charge in [-0.05, 0) is 45.0 Å². The lowest BCUT2D eigenvalue weighted by Crippen LogP contribution is -2.40. The third-order valence-corrected chi connectivity index (χ3v) is 2.32. The highest BCUT2D eigenvalue weighted by Crippen LogP contribution is 2.08. The third kappa shape index (κ3) is 4.53. The number of hydrogen-bond acceptors (Lipinski definition) is 2. The second-order valence-electron chi connectivity index (χ2n) is 4.38. The number of amides is 1. The van der Waals surface area contributed by atoms with E-state index in [0.717, 1.165) is 0 Å². The van der Waals surface area contributed by atoms with E-state index in [9.17, 15) is 9.18 Å². The monoisotopic (exact) mass is 239 g/mol. The van der Waals surface area contributed by atoms with Crippen LogP contribution in [0.1, 0.15) is 31.1 Å². The van der Waals surface area contributed by atoms with Gasteiger partial charge in [-0.25, -0.2) is 4.39 Å². The molecule has 94 valence electrons. The number of carbonyl (C=O) groups excluding carboxylic acids is 1. The van der Waals surface area contributed by atoms with E-state index in [1.54, 1.807) is 0 Å². The van der Waals surface area contributed by atoms with Crippen LogP contribution in [0.15, 0.2) is 24.3 Å². The molecule has 0 radical (unpaired) electrons. The molecule has 0 fully saturated rings. The molecule has 0 aliphatic heterocycles. The van der Waals surface area contributed by atoms with Crippen LogP contribution in [0.2, 0.25) is 0 Å². The molecule has 4 heteroatoms. The summed E-state index contributed by atoms with van der Waals surface area (Å²) in [5, 5.41) is 2.76. The molecular formula is C13H18FNO2. The first-order chi connectivity index (χ1) is 7.94. The van der Waals surface area contributed by atoms with Crippen molar-refractivity contribution in [2.75, 3.05) is 13.2 Å². The van der Waals surface area contributed by atoms with Crippen LogP contribution in [0, 0.1) is 5.82 Å². The number of rotatable bonds is 5. The van der Waals surface area contributed by atoms with E-state index in [1.165, 1.54) is 24.3 Å². The molecule has 0 bridgehead atoms. The number of halogens is 1. The first-order valence-electron chi connectivity index (χ1n) is 5.62. The minimum absolute atomic E-state index is 0.224. The van der Waals surface area contributed by atoms with Crippen molar-refractivity contribution in [2.45, 2.75) is 26.4 Å². The predicted octanol–water partition coefficient (Wildman–Crippen LogP) is 2.37. The normalized spacial score (nSPS) is 11.3. The molecule has 3 nitrogen and oxygen atoms in total. The van der Waals surface area contributed by atoms with Crippen molar-refractivity contribution in [1.29, 1.82) is 0 Å². The zero-order valence-corrected chi connectivity index (χ0v) is 10.4. The Morgan fingerprint density at radius 3 is 2.47 bits per heavy atom. The first kappa shape index (κ1) is 13.6. The van der Waals surface area contributed by atoms with Crippen molar-refractivity contribution >= 4 is 5.91 Å². The summed E-state index contributed by atoms with van der Waals surface area (Å²) in [4.78, 5) is 11.7. The van der Waals surface area contributed by atoms with E-state index < -0.39 is 5.60 Å². The van der Waals surface area contributed by atoms with Crippen LogP contribution >= 0.6 is 0 Å². The zero-order chi connectivity index (χ0) is 12.9. The largest absolute Gasteiger partial charge is 0.374 e. The summed E-state index contributed by atoms with van der Waals surface area (Å²) in [5.74, 6) is -0.575. The van der Waals surface area contributed by atoms with Gasteiger partial charge in [-0.15, -0.1) is 0 Å². The lowest BCUT2D eigenvalue weighted by atomic mass is 10.1. The van der Waals surface area contributed by atoms with Crippen molar-refractivity contribution in [3.05, 3.63) is 35.6 Å². The van der Waals surface area contributed by atoms with Gasteiger partial charge in [0.1, 0.15) is 5.82 Å². The fraction of sp³-hybridized carbons (Fsp3) is 0.462. The van der Waals surface area contributed by atoms with Crippen molar-refractivity contribution in [1.82, 2.24) is 5.32 Å². The summed E-state index contributed by atoms with van der Waals surface area (Å²) in [5.41, 5.74) is 0.0449. The molecule has 0 unspecified atom stereocenters. The van der Waals surface area contributed by atoms with E-state index >= 15 is 0 Å². The maximum absolute atomic E-state index is 12.7. The van der Waals surface area contributed by atoms with Gasteiger partial charge in [0.05, 0.1) is 5.60 Å². The molecule has 0 heterocycles. The van der Waals surface area contributed by atoms with Crippen LogP contribution < -0.4 is 5.32 Å². The molecule has 0 atom stereocenters. The van der Waals surface area contributed by atoms with Gasteiger partial charge in [0.2, 0.25) is 0 Å². The van der Waals surface area contributed by atoms with Gasteiger partial charge in [0.25, 0.3) is 5.91 Å². The highest BCUT2D eigenvalue weighted by Gasteiger charge is 2.18. The van der Waals surface area contributed by atoms with E-state index in [-0.39, 0.29) is 11.7 Å². The summed E-state index contributed by atoms with van der Waals surface area (Å²) < 4.78 is 18.1. The van der Waals surface area contributed by atoms with Gasteiger partial charge in [0.15, 0.2) is 0 Å². The Morgan fingerprint density at radius 1 is 1.35 bits per heavy atom. The van der Waals surface area contributed by atoms with Gasteiger partial charge in [-0.2, -0.15) is 0 Å². The van der Waals surface area contributed by atoms with Crippen LogP contribution in [0.4, 0.5) is 4.39 Å². The minimum Gasteiger partial charge on any atom is -0.374 e. The average molecular weight is 239 g/mol. The molecule has 0 spiro atoms. The number of carbonyl (C=O) groups is 1. The topological polar surface area (TPSA) is 38.3 Å². The standard InChI is InChI=1S/C13H18FNO2/c1-4-17-13(2,3)9-15-12(16)10-5-7-11(14)8-6-10/h5-8H,4,9H2,1-3H3,(H,15,16). The van der Waals surface area contributed by atoms with Gasteiger partial charge in [0, 0.05) is 18.7 Å². The molecule has 0 aromatic heterocycles. The van der Waals surface area contributed by atoms with Gasteiger partial charge in [-0.1, -0.05) is 0 Å². The van der Waals surface area contributed by atoms with Crippen LogP contribution in [-0.2, 0) is 4.74 Å². The van der Waals surface area contributed by atoms with Crippen LogP contribution in [-0.4, -0.2) is 24.7 Å². The molecule has 1 N–H and O–H groups in total. The molecule has 17 heavy (non-hydrogen) atoms. The van der Waals surface area contributed by atoms with Crippen molar-refractivity contribution in [3.63, 3.8) is 0 Å². The lowest BCUT2D eigenvalue weighted by Gasteiger charge is -2.24. The summed E-state index contributed by atoms with van der Waals surface area (Å²) in [6.45, 7) is 6.73. The molecule has 1 aromatic rings. The summed E-state index contributed by atoms with van der Waals surface area (Å²) >= 11 is 0. The smallest absolute Gasteiger partial charge is 0.251 e. The van der Waals surface area contributed by atoms with Crippen molar-refractivity contribution < 1.29 is 13.9 Å². The highest BCUT2D eigenvalue weighted by atomic mass is 19.1. The summed E-state index contributed by atoms with van der Waals surface area (Å²) in [7, 11) is 0. The highest BCUT2D eigenvalue weighted by molar-refractivity contribution is 5.94. The molecule has 1 amide bonds. The molecule has 0 aliphatic carbocycles. The van der Waals surface area contributed by atoms with E-state index in [4.69, 9.17) is 4.74 Å². The summed E-state index contributed by atoms with van der Waals surface area (Å²) in [6.07, 6.45) is 0. The maximum atomic E-state index is 12.7. The first-order valence-corrected chi connectivity index (χ1v) is 5.62. The van der Waals surface area contributed by atoms with E-state index in [2.05, 4.69) is 5.32 Å². The fourth-order valence-electron chi connectivity index (χ4n) is 1.44. The molecule has 0 saturated carbocycles. The molecule has 0 saturated heterocycles. The van der Waals surface area contributed by atoms with Crippen molar-refractivity contribution in [3.8, 4) is 0 Å². The Bertz CT molecular complexity index is 374. The van der Waals surface area contributed by atoms with Gasteiger partial charge >= 0.3 is 0 Å². The second-order valence-corrected chi connectivity index (χ2v) is 4.38. The Balaban J connectivity index is 2.53. The average Bonchev–Trinajstić information content (AvgIpc) is 2.27. The fourth-order valence-corrected chi connectivity index (χ4v) is 1.44. The summed E-state index contributed by atoms with van der Waals surface area (Å²) in [6, 6.07) is 5.45. The molecule has 0 aliphatic rings.